The first-order valence-corrected chi connectivity index (χ1v) is 10.6. The number of carbonyl (C=O) groups is 5. The minimum Gasteiger partial charge on any atom is -0.481 e. The number of aliphatic hydroxyl groups is 1. The first kappa shape index (κ1) is 27.6. The Kier molecular flexibility index (Phi) is 12.7. The topological polar surface area (TPSA) is 208 Å². The SMILES string of the molecule is CSCCC(NC(=O)C(N)CCC(=O)O)C(=O)NC(C)C(=O)NC(C(=O)O)C(C)O. The number of aliphatic carboxylic acids is 2. The van der Waals surface area contributed by atoms with E-state index in [1.54, 1.807) is 6.26 Å². The third-order valence-corrected chi connectivity index (χ3v) is 4.69. The van der Waals surface area contributed by atoms with Crippen molar-refractivity contribution in [3.8, 4) is 0 Å². The molecule has 0 saturated carbocycles. The van der Waals surface area contributed by atoms with Crippen molar-refractivity contribution in [2.45, 2.75) is 63.4 Å². The number of carbonyl (C=O) groups excluding carboxylic acids is 3. The van der Waals surface area contributed by atoms with Crippen molar-refractivity contribution in [2.24, 2.45) is 5.73 Å². The smallest absolute Gasteiger partial charge is 0.328 e. The van der Waals surface area contributed by atoms with Gasteiger partial charge >= 0.3 is 11.9 Å². The van der Waals surface area contributed by atoms with Crippen LogP contribution in [-0.2, 0) is 24.0 Å². The van der Waals surface area contributed by atoms with Gasteiger partial charge in [-0.15, -0.1) is 0 Å². The van der Waals surface area contributed by atoms with Crippen LogP contribution >= 0.6 is 11.8 Å². The lowest BCUT2D eigenvalue weighted by Gasteiger charge is -2.24. The summed E-state index contributed by atoms with van der Waals surface area (Å²) in [5.41, 5.74) is 5.65. The lowest BCUT2D eigenvalue weighted by Crippen LogP contribution is -2.57. The summed E-state index contributed by atoms with van der Waals surface area (Å²) in [5, 5.41) is 34.1. The Morgan fingerprint density at radius 3 is 2.00 bits per heavy atom. The van der Waals surface area contributed by atoms with Gasteiger partial charge in [-0.1, -0.05) is 0 Å². The first-order chi connectivity index (χ1) is 13.9. The molecule has 13 heteroatoms. The van der Waals surface area contributed by atoms with Gasteiger partial charge in [0.2, 0.25) is 17.7 Å². The summed E-state index contributed by atoms with van der Waals surface area (Å²) in [7, 11) is 0. The van der Waals surface area contributed by atoms with E-state index >= 15 is 0 Å². The van der Waals surface area contributed by atoms with Gasteiger partial charge in [0.05, 0.1) is 12.1 Å². The Morgan fingerprint density at radius 2 is 1.53 bits per heavy atom. The standard InChI is InChI=1S/C17H30N4O8S/c1-8(14(25)21-13(9(2)22)17(28)29)19-16(27)11(6-7-30-3)20-15(26)10(18)4-5-12(23)24/h8-11,13,22H,4-7,18H2,1-3H3,(H,19,27)(H,20,26)(H,21,25)(H,23,24)(H,28,29). The number of amides is 3. The molecule has 0 aliphatic carbocycles. The number of hydrogen-bond acceptors (Lipinski definition) is 8. The Labute approximate surface area is 178 Å². The molecular weight excluding hydrogens is 420 g/mol. The lowest BCUT2D eigenvalue weighted by molar-refractivity contribution is -0.145. The van der Waals surface area contributed by atoms with E-state index < -0.39 is 59.9 Å². The van der Waals surface area contributed by atoms with Gasteiger partial charge in [-0.25, -0.2) is 4.79 Å². The molecule has 0 spiro atoms. The number of thioether (sulfide) groups is 1. The van der Waals surface area contributed by atoms with Crippen LogP contribution in [0.25, 0.3) is 0 Å². The van der Waals surface area contributed by atoms with Gasteiger partial charge in [0, 0.05) is 6.42 Å². The van der Waals surface area contributed by atoms with Crippen molar-refractivity contribution in [3.63, 3.8) is 0 Å². The number of rotatable bonds is 14. The highest BCUT2D eigenvalue weighted by molar-refractivity contribution is 7.98. The minimum absolute atomic E-state index is 0.104. The van der Waals surface area contributed by atoms with Crippen LogP contribution in [0.1, 0.15) is 33.1 Å². The second kappa shape index (κ2) is 13.8. The normalized spacial score (nSPS) is 15.8. The highest BCUT2D eigenvalue weighted by Gasteiger charge is 2.29. The molecular formula is C17H30N4O8S. The fraction of sp³-hybridized carbons (Fsp3) is 0.706. The van der Waals surface area contributed by atoms with E-state index in [1.807, 2.05) is 0 Å². The number of nitrogens with two attached hydrogens (primary N) is 1. The van der Waals surface area contributed by atoms with E-state index in [-0.39, 0.29) is 19.3 Å². The third-order valence-electron chi connectivity index (χ3n) is 4.05. The molecule has 172 valence electrons. The maximum Gasteiger partial charge on any atom is 0.328 e. The average Bonchev–Trinajstić information content (AvgIpc) is 2.65. The van der Waals surface area contributed by atoms with Gasteiger partial charge in [0.15, 0.2) is 6.04 Å². The number of nitrogens with one attached hydrogen (secondary N) is 3. The zero-order valence-electron chi connectivity index (χ0n) is 17.1. The molecule has 0 aromatic rings. The maximum absolute atomic E-state index is 12.5. The van der Waals surface area contributed by atoms with Gasteiger partial charge in [-0.3, -0.25) is 19.2 Å². The van der Waals surface area contributed by atoms with Crippen LogP contribution in [0.4, 0.5) is 0 Å². The highest BCUT2D eigenvalue weighted by Crippen LogP contribution is 2.04. The van der Waals surface area contributed by atoms with Crippen LogP contribution < -0.4 is 21.7 Å². The predicted molar refractivity (Wildman–Crippen MR) is 109 cm³/mol. The van der Waals surface area contributed by atoms with Gasteiger partial charge < -0.3 is 37.0 Å². The van der Waals surface area contributed by atoms with Crippen LogP contribution in [0.15, 0.2) is 0 Å². The number of hydrogen-bond donors (Lipinski definition) is 7. The summed E-state index contributed by atoms with van der Waals surface area (Å²) in [4.78, 5) is 58.5. The van der Waals surface area contributed by atoms with Crippen molar-refractivity contribution in [3.05, 3.63) is 0 Å². The Morgan fingerprint density at radius 1 is 0.933 bits per heavy atom. The molecule has 0 saturated heterocycles. The number of aliphatic hydroxyl groups excluding tert-OH is 1. The zero-order valence-corrected chi connectivity index (χ0v) is 17.9. The highest BCUT2D eigenvalue weighted by atomic mass is 32.2. The molecule has 0 bridgehead atoms. The van der Waals surface area contributed by atoms with Crippen molar-refractivity contribution >= 4 is 41.4 Å². The minimum atomic E-state index is -1.55. The summed E-state index contributed by atoms with van der Waals surface area (Å²) in [5.74, 6) is -4.25. The molecule has 8 N–H and O–H groups in total. The average molecular weight is 451 g/mol. The molecule has 0 fully saturated rings. The largest absolute Gasteiger partial charge is 0.481 e. The van der Waals surface area contributed by atoms with E-state index in [4.69, 9.17) is 15.9 Å². The molecule has 3 amide bonds. The molecule has 5 unspecified atom stereocenters. The second-order valence-electron chi connectivity index (χ2n) is 6.68. The van der Waals surface area contributed by atoms with Gasteiger partial charge in [-0.2, -0.15) is 11.8 Å². The van der Waals surface area contributed by atoms with Crippen molar-refractivity contribution < 1.29 is 39.3 Å². The summed E-state index contributed by atoms with van der Waals surface area (Å²) in [6.45, 7) is 2.52. The van der Waals surface area contributed by atoms with Crippen molar-refractivity contribution in [1.82, 2.24) is 16.0 Å². The second-order valence-corrected chi connectivity index (χ2v) is 7.66. The Balaban J connectivity index is 5.00. The molecule has 0 radical (unpaired) electrons. The van der Waals surface area contributed by atoms with Gasteiger partial charge in [0.25, 0.3) is 0 Å². The number of carboxylic acids is 2. The fourth-order valence-corrected chi connectivity index (χ4v) is 2.71. The molecule has 0 aliphatic rings. The van der Waals surface area contributed by atoms with Crippen molar-refractivity contribution in [1.29, 1.82) is 0 Å². The van der Waals surface area contributed by atoms with Gasteiger partial charge in [-0.05, 0) is 38.7 Å². The quantitative estimate of drug-likeness (QED) is 0.153. The van der Waals surface area contributed by atoms with E-state index in [2.05, 4.69) is 16.0 Å². The lowest BCUT2D eigenvalue weighted by atomic mass is 10.1. The van der Waals surface area contributed by atoms with Crippen LogP contribution in [-0.4, -0.2) is 87.3 Å². The molecule has 0 heterocycles. The monoisotopic (exact) mass is 450 g/mol. The molecule has 0 rings (SSSR count). The van der Waals surface area contributed by atoms with Crippen LogP contribution in [0.2, 0.25) is 0 Å². The molecule has 30 heavy (non-hydrogen) atoms. The Bertz CT molecular complexity index is 631. The zero-order chi connectivity index (χ0) is 23.4. The molecule has 5 atom stereocenters. The number of carboxylic acid groups (broad SMARTS) is 2. The summed E-state index contributed by atoms with van der Waals surface area (Å²) in [6, 6.07) is -4.83. The van der Waals surface area contributed by atoms with Crippen LogP contribution in [0, 0.1) is 0 Å². The summed E-state index contributed by atoms with van der Waals surface area (Å²) in [6.07, 6.45) is 0.265. The maximum atomic E-state index is 12.5. The molecule has 0 aromatic heterocycles. The summed E-state index contributed by atoms with van der Waals surface area (Å²) >= 11 is 1.42. The Hall–Kier alpha value is -2.38. The van der Waals surface area contributed by atoms with E-state index in [1.165, 1.54) is 25.6 Å². The van der Waals surface area contributed by atoms with Crippen LogP contribution in [0.3, 0.4) is 0 Å². The fourth-order valence-electron chi connectivity index (χ4n) is 2.24. The van der Waals surface area contributed by atoms with Gasteiger partial charge in [0.1, 0.15) is 12.1 Å². The third kappa shape index (κ3) is 10.4. The molecule has 0 aliphatic heterocycles. The predicted octanol–water partition coefficient (Wildman–Crippen LogP) is -2.13. The molecule has 0 aromatic carbocycles. The first-order valence-electron chi connectivity index (χ1n) is 9.19. The van der Waals surface area contributed by atoms with E-state index in [0.29, 0.717) is 5.75 Å². The van der Waals surface area contributed by atoms with E-state index in [9.17, 15) is 29.1 Å². The van der Waals surface area contributed by atoms with Crippen LogP contribution in [0.5, 0.6) is 0 Å². The molecule has 12 nitrogen and oxygen atoms in total. The van der Waals surface area contributed by atoms with Crippen molar-refractivity contribution in [2.75, 3.05) is 12.0 Å². The summed E-state index contributed by atoms with van der Waals surface area (Å²) < 4.78 is 0. The van der Waals surface area contributed by atoms with E-state index in [0.717, 1.165) is 0 Å².